The molecule has 0 aromatic heterocycles. The van der Waals surface area contributed by atoms with E-state index in [9.17, 15) is 9.59 Å². The maximum atomic E-state index is 11.0. The summed E-state index contributed by atoms with van der Waals surface area (Å²) >= 11 is 3.05. The third-order valence-electron chi connectivity index (χ3n) is 1.51. The van der Waals surface area contributed by atoms with Gasteiger partial charge in [-0.3, -0.25) is 9.59 Å². The van der Waals surface area contributed by atoms with E-state index in [1.165, 1.54) is 4.90 Å². The zero-order valence-electron chi connectivity index (χ0n) is 5.97. The van der Waals surface area contributed by atoms with Gasteiger partial charge in [0.25, 0.3) is 0 Å². The van der Waals surface area contributed by atoms with Crippen LogP contribution in [0.5, 0.6) is 0 Å². The van der Waals surface area contributed by atoms with Gasteiger partial charge in [-0.1, -0.05) is 15.9 Å². The van der Waals surface area contributed by atoms with Gasteiger partial charge >= 0.3 is 0 Å². The van der Waals surface area contributed by atoms with Crippen molar-refractivity contribution in [3.8, 4) is 0 Å². The third-order valence-corrected chi connectivity index (χ3v) is 1.99. The monoisotopic (exact) mass is 220 g/mol. The molecule has 1 N–H and O–H groups in total. The second-order valence-electron chi connectivity index (χ2n) is 2.30. The third kappa shape index (κ3) is 2.18. The highest BCUT2D eigenvalue weighted by atomic mass is 79.9. The van der Waals surface area contributed by atoms with Crippen molar-refractivity contribution in [1.82, 2.24) is 10.2 Å². The first-order chi connectivity index (χ1) is 5.24. The predicted octanol–water partition coefficient (Wildman–Crippen LogP) is -0.660. The van der Waals surface area contributed by atoms with Crippen LogP contribution in [-0.4, -0.2) is 41.7 Å². The highest BCUT2D eigenvalue weighted by Crippen LogP contribution is 1.96. The summed E-state index contributed by atoms with van der Waals surface area (Å²) in [6.07, 6.45) is 0. The molecule has 1 aliphatic rings. The van der Waals surface area contributed by atoms with E-state index < -0.39 is 0 Å². The van der Waals surface area contributed by atoms with E-state index in [0.29, 0.717) is 18.4 Å². The summed E-state index contributed by atoms with van der Waals surface area (Å²) in [7, 11) is 0. The molecule has 0 unspecified atom stereocenters. The molecule has 0 saturated carbocycles. The minimum atomic E-state index is -0.0782. The number of hydrogen-bond acceptors (Lipinski definition) is 2. The van der Waals surface area contributed by atoms with Crippen LogP contribution >= 0.6 is 15.9 Å². The first kappa shape index (κ1) is 8.52. The molecule has 1 aliphatic heterocycles. The van der Waals surface area contributed by atoms with Crippen molar-refractivity contribution in [2.24, 2.45) is 0 Å². The van der Waals surface area contributed by atoms with Gasteiger partial charge in [0.15, 0.2) is 0 Å². The molecule has 0 aromatic rings. The summed E-state index contributed by atoms with van der Waals surface area (Å²) < 4.78 is 0. The lowest BCUT2D eigenvalue weighted by Gasteiger charge is -2.25. The number of nitrogens with one attached hydrogen (secondary N) is 1. The Hall–Kier alpha value is -0.580. The summed E-state index contributed by atoms with van der Waals surface area (Å²) in [6, 6.07) is 0. The Morgan fingerprint density at radius 1 is 1.73 bits per heavy atom. The van der Waals surface area contributed by atoms with E-state index in [2.05, 4.69) is 21.2 Å². The van der Waals surface area contributed by atoms with Crippen molar-refractivity contribution in [2.45, 2.75) is 0 Å². The van der Waals surface area contributed by atoms with Crippen LogP contribution in [0.2, 0.25) is 0 Å². The van der Waals surface area contributed by atoms with Crippen molar-refractivity contribution in [3.05, 3.63) is 0 Å². The van der Waals surface area contributed by atoms with Gasteiger partial charge in [-0.25, -0.2) is 0 Å². The first-order valence-corrected chi connectivity index (χ1v) is 4.46. The maximum Gasteiger partial charge on any atom is 0.239 e. The molecule has 0 bridgehead atoms. The van der Waals surface area contributed by atoms with Crippen molar-refractivity contribution in [2.75, 3.05) is 25.0 Å². The molecule has 62 valence electrons. The molecule has 0 aromatic carbocycles. The van der Waals surface area contributed by atoms with Crippen molar-refractivity contribution >= 4 is 27.7 Å². The number of nitrogens with zero attached hydrogens (tertiary/aromatic N) is 1. The Kier molecular flexibility index (Phi) is 2.87. The second-order valence-corrected chi connectivity index (χ2v) is 2.86. The average molecular weight is 221 g/mol. The molecule has 4 nitrogen and oxygen atoms in total. The van der Waals surface area contributed by atoms with Crippen LogP contribution in [0, 0.1) is 0 Å². The zero-order valence-corrected chi connectivity index (χ0v) is 7.56. The molecule has 0 spiro atoms. The van der Waals surface area contributed by atoms with Crippen LogP contribution in [0.4, 0.5) is 0 Å². The quantitative estimate of drug-likeness (QED) is 0.597. The van der Waals surface area contributed by atoms with Crippen LogP contribution in [0.25, 0.3) is 0 Å². The molecule has 1 saturated heterocycles. The smallest absolute Gasteiger partial charge is 0.239 e. The molecule has 5 heteroatoms. The molecular weight excluding hydrogens is 212 g/mol. The normalized spacial score (nSPS) is 17.9. The Morgan fingerprint density at radius 3 is 3.00 bits per heavy atom. The summed E-state index contributed by atoms with van der Waals surface area (Å²) in [5.74, 6) is -0.106. The van der Waals surface area contributed by atoms with E-state index in [1.807, 2.05) is 0 Å². The molecule has 1 heterocycles. The largest absolute Gasteiger partial charge is 0.353 e. The number of amides is 2. The summed E-state index contributed by atoms with van der Waals surface area (Å²) in [4.78, 5) is 23.3. The Bertz CT molecular complexity index is 183. The van der Waals surface area contributed by atoms with Gasteiger partial charge in [-0.2, -0.15) is 0 Å². The number of hydrogen-bond donors (Lipinski definition) is 1. The standard InChI is InChI=1S/C6H9BrN2O2/c7-3-6(11)9-2-1-8-5(10)4-9/h1-4H2,(H,8,10). The Labute approximate surface area is 73.1 Å². The minimum absolute atomic E-state index is 0.0279. The second kappa shape index (κ2) is 3.71. The van der Waals surface area contributed by atoms with Crippen LogP contribution in [0.3, 0.4) is 0 Å². The van der Waals surface area contributed by atoms with Gasteiger partial charge in [0.05, 0.1) is 11.9 Å². The number of piperazine rings is 1. The van der Waals surface area contributed by atoms with Crippen LogP contribution in [0.15, 0.2) is 0 Å². The number of halogens is 1. The Balaban J connectivity index is 2.45. The van der Waals surface area contributed by atoms with Crippen LogP contribution < -0.4 is 5.32 Å². The highest BCUT2D eigenvalue weighted by molar-refractivity contribution is 9.09. The van der Waals surface area contributed by atoms with E-state index >= 15 is 0 Å². The van der Waals surface area contributed by atoms with Gasteiger partial charge in [0, 0.05) is 13.1 Å². The van der Waals surface area contributed by atoms with Gasteiger partial charge < -0.3 is 10.2 Å². The SMILES string of the molecule is O=C1CN(C(=O)CBr)CCN1. The summed E-state index contributed by atoms with van der Waals surface area (Å²) in [6.45, 7) is 1.39. The van der Waals surface area contributed by atoms with Gasteiger partial charge in [-0.15, -0.1) is 0 Å². The van der Waals surface area contributed by atoms with Crippen molar-refractivity contribution in [1.29, 1.82) is 0 Å². The Morgan fingerprint density at radius 2 is 2.45 bits per heavy atom. The zero-order chi connectivity index (χ0) is 8.27. The van der Waals surface area contributed by atoms with Gasteiger partial charge in [0.2, 0.25) is 11.8 Å². The number of carbonyl (C=O) groups is 2. The fraction of sp³-hybridized carbons (Fsp3) is 0.667. The predicted molar refractivity (Wildman–Crippen MR) is 43.4 cm³/mol. The lowest BCUT2D eigenvalue weighted by atomic mass is 10.3. The van der Waals surface area contributed by atoms with E-state index in [4.69, 9.17) is 0 Å². The number of carbonyl (C=O) groups excluding carboxylic acids is 2. The molecule has 1 fully saturated rings. The first-order valence-electron chi connectivity index (χ1n) is 3.34. The topological polar surface area (TPSA) is 49.4 Å². The fourth-order valence-corrected chi connectivity index (χ4v) is 1.29. The molecular formula is C6H9BrN2O2. The summed E-state index contributed by atoms with van der Waals surface area (Å²) in [5.41, 5.74) is 0. The van der Waals surface area contributed by atoms with E-state index in [0.717, 1.165) is 0 Å². The minimum Gasteiger partial charge on any atom is -0.353 e. The van der Waals surface area contributed by atoms with Gasteiger partial charge in [0.1, 0.15) is 0 Å². The molecule has 2 amide bonds. The molecule has 0 radical (unpaired) electrons. The lowest BCUT2D eigenvalue weighted by Crippen LogP contribution is -2.50. The highest BCUT2D eigenvalue weighted by Gasteiger charge is 2.19. The van der Waals surface area contributed by atoms with E-state index in [-0.39, 0.29) is 18.4 Å². The van der Waals surface area contributed by atoms with Crippen LogP contribution in [0.1, 0.15) is 0 Å². The average Bonchev–Trinajstić information content (AvgIpc) is 2.03. The van der Waals surface area contributed by atoms with Crippen molar-refractivity contribution < 1.29 is 9.59 Å². The van der Waals surface area contributed by atoms with Crippen LogP contribution in [-0.2, 0) is 9.59 Å². The lowest BCUT2D eigenvalue weighted by molar-refractivity contribution is -0.136. The fourth-order valence-electron chi connectivity index (χ4n) is 0.936. The molecule has 11 heavy (non-hydrogen) atoms. The van der Waals surface area contributed by atoms with Crippen molar-refractivity contribution in [3.63, 3.8) is 0 Å². The maximum absolute atomic E-state index is 11.0. The molecule has 1 rings (SSSR count). The molecule has 0 aliphatic carbocycles. The summed E-state index contributed by atoms with van der Waals surface area (Å²) in [5, 5.41) is 2.93. The van der Waals surface area contributed by atoms with E-state index in [1.54, 1.807) is 0 Å². The molecule has 0 atom stereocenters. The van der Waals surface area contributed by atoms with Gasteiger partial charge in [-0.05, 0) is 0 Å². The number of alkyl halides is 1. The number of rotatable bonds is 1.